The van der Waals surface area contributed by atoms with Gasteiger partial charge in [0.1, 0.15) is 0 Å². The minimum Gasteiger partial charge on any atom is -0.370 e. The van der Waals surface area contributed by atoms with Crippen molar-refractivity contribution in [2.75, 3.05) is 11.9 Å². The van der Waals surface area contributed by atoms with Crippen LogP contribution in [0, 0.1) is 13.8 Å². The van der Waals surface area contributed by atoms with Crippen LogP contribution in [-0.4, -0.2) is 17.5 Å². The monoisotopic (exact) mass is 416 g/mol. The molecule has 1 heterocycles. The van der Waals surface area contributed by atoms with E-state index >= 15 is 0 Å². The van der Waals surface area contributed by atoms with Gasteiger partial charge >= 0.3 is 0 Å². The summed E-state index contributed by atoms with van der Waals surface area (Å²) in [6, 6.07) is 8.08. The van der Waals surface area contributed by atoms with Crippen molar-refractivity contribution in [2.24, 2.45) is 10.7 Å². The number of nitrogens with one attached hydrogen (secondary N) is 1. The molecule has 0 amide bonds. The van der Waals surface area contributed by atoms with E-state index in [2.05, 4.69) is 27.6 Å². The minimum atomic E-state index is 0. The quantitative estimate of drug-likeness (QED) is 0.338. The number of halogens is 1. The molecule has 0 aliphatic heterocycles. The highest BCUT2D eigenvalue weighted by atomic mass is 127. The highest BCUT2D eigenvalue weighted by Gasteiger charge is 1.98. The Hall–Kier alpha value is -1.15. The number of thiazole rings is 1. The zero-order valence-corrected chi connectivity index (χ0v) is 15.4. The summed E-state index contributed by atoms with van der Waals surface area (Å²) in [5, 5.41) is 6.33. The minimum absolute atomic E-state index is 0. The van der Waals surface area contributed by atoms with Crippen LogP contribution in [0.15, 0.2) is 34.6 Å². The summed E-state index contributed by atoms with van der Waals surface area (Å²) in [4.78, 5) is 8.75. The van der Waals surface area contributed by atoms with Crippen molar-refractivity contribution in [3.05, 3.63) is 45.9 Å². The van der Waals surface area contributed by atoms with Gasteiger partial charge in [0.2, 0.25) is 0 Å². The lowest BCUT2D eigenvalue weighted by Gasteiger charge is -2.05. The van der Waals surface area contributed by atoms with Gasteiger partial charge in [-0.3, -0.25) is 4.99 Å². The van der Waals surface area contributed by atoms with Gasteiger partial charge in [0.15, 0.2) is 5.96 Å². The first-order valence-corrected chi connectivity index (χ1v) is 7.56. The van der Waals surface area contributed by atoms with E-state index in [9.17, 15) is 0 Å². The molecule has 3 N–H and O–H groups in total. The summed E-state index contributed by atoms with van der Waals surface area (Å²) >= 11 is 1.71. The number of guanidine groups is 1. The lowest BCUT2D eigenvalue weighted by atomic mass is 10.2. The predicted octanol–water partition coefficient (Wildman–Crippen LogP) is 3.74. The van der Waals surface area contributed by atoms with Gasteiger partial charge in [-0.2, -0.15) is 0 Å². The second-order valence-electron chi connectivity index (χ2n) is 4.74. The molecule has 0 bridgehead atoms. The predicted molar refractivity (Wildman–Crippen MR) is 102 cm³/mol. The van der Waals surface area contributed by atoms with E-state index < -0.39 is 0 Å². The molecule has 6 heteroatoms. The first kappa shape index (κ1) is 17.9. The molecule has 1 aromatic carbocycles. The van der Waals surface area contributed by atoms with Gasteiger partial charge in [-0.15, -0.1) is 35.3 Å². The van der Waals surface area contributed by atoms with E-state index in [1.807, 2.05) is 31.2 Å². The smallest absolute Gasteiger partial charge is 0.193 e. The Morgan fingerprint density at radius 2 is 2.00 bits per heavy atom. The van der Waals surface area contributed by atoms with E-state index in [1.165, 1.54) is 10.6 Å². The molecule has 0 saturated carbocycles. The molecular formula is C15H21IN4S. The third-order valence-corrected chi connectivity index (χ3v) is 3.85. The van der Waals surface area contributed by atoms with Gasteiger partial charge in [0.05, 0.1) is 5.01 Å². The molecule has 114 valence electrons. The normalized spacial score (nSPS) is 11.0. The molecule has 2 aromatic rings. The number of nitrogens with zero attached hydrogens (tertiary/aromatic N) is 2. The highest BCUT2D eigenvalue weighted by Crippen LogP contribution is 2.11. The van der Waals surface area contributed by atoms with Gasteiger partial charge in [-0.05, 0) is 32.4 Å². The summed E-state index contributed by atoms with van der Waals surface area (Å²) in [5.74, 6) is 0.462. The van der Waals surface area contributed by atoms with Crippen molar-refractivity contribution in [3.8, 4) is 0 Å². The molecule has 0 saturated heterocycles. The largest absolute Gasteiger partial charge is 0.370 e. The molecule has 0 radical (unpaired) electrons. The first-order valence-electron chi connectivity index (χ1n) is 6.68. The number of hydrogen-bond donors (Lipinski definition) is 2. The molecule has 0 spiro atoms. The molecular weight excluding hydrogens is 395 g/mol. The van der Waals surface area contributed by atoms with Gasteiger partial charge in [0.25, 0.3) is 0 Å². The zero-order chi connectivity index (χ0) is 14.4. The van der Waals surface area contributed by atoms with Crippen LogP contribution >= 0.6 is 35.3 Å². The number of aryl methyl sites for hydroxylation is 3. The Kier molecular flexibility index (Phi) is 7.66. The SMILES string of the molecule is Cc1ccc(NC(N)=NCCCc2nc(C)cs2)cc1.I. The average molecular weight is 416 g/mol. The Bertz CT molecular complexity index is 578. The molecule has 2 rings (SSSR count). The standard InChI is InChI=1S/C15H20N4S.HI/c1-11-5-7-13(8-6-11)19-15(16)17-9-3-4-14-18-12(2)10-20-14;/h5-8,10H,3-4,9H2,1-2H3,(H3,16,17,19);1H. The Balaban J connectivity index is 0.00000220. The van der Waals surface area contributed by atoms with Crippen molar-refractivity contribution in [1.29, 1.82) is 0 Å². The Morgan fingerprint density at radius 1 is 1.29 bits per heavy atom. The van der Waals surface area contributed by atoms with E-state index in [0.717, 1.165) is 24.2 Å². The lowest BCUT2D eigenvalue weighted by Crippen LogP contribution is -2.22. The first-order chi connectivity index (χ1) is 9.63. The van der Waals surface area contributed by atoms with Crippen molar-refractivity contribution >= 4 is 47.0 Å². The summed E-state index contributed by atoms with van der Waals surface area (Å²) < 4.78 is 0. The molecule has 1 aromatic heterocycles. The second kappa shape index (κ2) is 8.99. The summed E-state index contributed by atoms with van der Waals surface area (Å²) in [6.45, 7) is 4.78. The second-order valence-corrected chi connectivity index (χ2v) is 5.69. The fraction of sp³-hybridized carbons (Fsp3) is 0.333. The number of hydrogen-bond acceptors (Lipinski definition) is 3. The maximum atomic E-state index is 5.85. The van der Waals surface area contributed by atoms with Crippen LogP contribution in [0.1, 0.15) is 22.7 Å². The zero-order valence-electron chi connectivity index (χ0n) is 12.3. The van der Waals surface area contributed by atoms with E-state index in [1.54, 1.807) is 11.3 Å². The van der Waals surface area contributed by atoms with Gasteiger partial charge in [-0.25, -0.2) is 4.98 Å². The molecule has 0 fully saturated rings. The van der Waals surface area contributed by atoms with Crippen LogP contribution < -0.4 is 11.1 Å². The van der Waals surface area contributed by atoms with Crippen LogP contribution in [-0.2, 0) is 6.42 Å². The maximum Gasteiger partial charge on any atom is 0.193 e. The number of aromatic nitrogens is 1. The highest BCUT2D eigenvalue weighted by molar-refractivity contribution is 14.0. The third kappa shape index (κ3) is 6.43. The Labute approximate surface area is 146 Å². The van der Waals surface area contributed by atoms with Gasteiger partial charge in [-0.1, -0.05) is 17.7 Å². The number of benzene rings is 1. The molecule has 21 heavy (non-hydrogen) atoms. The third-order valence-electron chi connectivity index (χ3n) is 2.82. The van der Waals surface area contributed by atoms with Crippen LogP contribution in [0.2, 0.25) is 0 Å². The number of aliphatic imine (C=N–C) groups is 1. The van der Waals surface area contributed by atoms with Crippen LogP contribution in [0.5, 0.6) is 0 Å². The number of rotatable bonds is 5. The molecule has 0 atom stereocenters. The van der Waals surface area contributed by atoms with E-state index in [-0.39, 0.29) is 24.0 Å². The fourth-order valence-corrected chi connectivity index (χ4v) is 2.59. The van der Waals surface area contributed by atoms with Crippen LogP contribution in [0.4, 0.5) is 5.69 Å². The molecule has 0 unspecified atom stereocenters. The van der Waals surface area contributed by atoms with E-state index in [4.69, 9.17) is 5.73 Å². The van der Waals surface area contributed by atoms with Crippen molar-refractivity contribution in [1.82, 2.24) is 4.98 Å². The topological polar surface area (TPSA) is 63.3 Å². The van der Waals surface area contributed by atoms with Crippen molar-refractivity contribution in [3.63, 3.8) is 0 Å². The molecule has 0 aliphatic rings. The van der Waals surface area contributed by atoms with Crippen molar-refractivity contribution in [2.45, 2.75) is 26.7 Å². The maximum absolute atomic E-state index is 5.85. The molecule has 0 aliphatic carbocycles. The van der Waals surface area contributed by atoms with E-state index in [0.29, 0.717) is 12.5 Å². The summed E-state index contributed by atoms with van der Waals surface area (Å²) in [7, 11) is 0. The number of anilines is 1. The summed E-state index contributed by atoms with van der Waals surface area (Å²) in [6.07, 6.45) is 1.92. The lowest BCUT2D eigenvalue weighted by molar-refractivity contribution is 0.823. The van der Waals surface area contributed by atoms with Gasteiger partial charge in [0, 0.05) is 29.7 Å². The van der Waals surface area contributed by atoms with Crippen LogP contribution in [0.25, 0.3) is 0 Å². The number of nitrogens with two attached hydrogens (primary N) is 1. The van der Waals surface area contributed by atoms with Crippen LogP contribution in [0.3, 0.4) is 0 Å². The van der Waals surface area contributed by atoms with Gasteiger partial charge < -0.3 is 11.1 Å². The van der Waals surface area contributed by atoms with Crippen molar-refractivity contribution < 1.29 is 0 Å². The summed E-state index contributed by atoms with van der Waals surface area (Å²) in [5.41, 5.74) is 9.14. The Morgan fingerprint density at radius 3 is 2.62 bits per heavy atom. The fourth-order valence-electron chi connectivity index (χ4n) is 1.77. The average Bonchev–Trinajstić information content (AvgIpc) is 2.83. The molecule has 4 nitrogen and oxygen atoms in total.